The Morgan fingerprint density at radius 2 is 2.14 bits per heavy atom. The van der Waals surface area contributed by atoms with Crippen molar-refractivity contribution in [1.82, 2.24) is 0 Å². The minimum atomic E-state index is -3.78. The highest BCUT2D eigenvalue weighted by Gasteiger charge is 2.15. The number of benzene rings is 1. The van der Waals surface area contributed by atoms with Gasteiger partial charge in [-0.15, -0.1) is 0 Å². The molecule has 0 saturated heterocycles. The monoisotopic (exact) mass is 238 g/mol. The lowest BCUT2D eigenvalue weighted by molar-refractivity contribution is 0.406. The number of ether oxygens (including phenoxy) is 1. The highest BCUT2D eigenvalue weighted by atomic mass is 35.7. The third-order valence-corrected chi connectivity index (χ3v) is 2.57. The minimum Gasteiger partial charge on any atom is -0.496 e. The highest BCUT2D eigenvalue weighted by Crippen LogP contribution is 2.24. The molecule has 0 aliphatic carbocycles. The molecule has 0 N–H and O–H groups in total. The van der Waals surface area contributed by atoms with E-state index in [9.17, 15) is 12.8 Å². The number of halogens is 2. The van der Waals surface area contributed by atoms with E-state index in [1.807, 2.05) is 0 Å². The van der Waals surface area contributed by atoms with Gasteiger partial charge in [0.15, 0.2) is 0 Å². The Bertz CT molecular complexity index is 430. The van der Waals surface area contributed by atoms with E-state index in [0.29, 0.717) is 0 Å². The molecule has 0 spiro atoms. The van der Waals surface area contributed by atoms with Gasteiger partial charge in [-0.3, -0.25) is 0 Å². The summed E-state index contributed by atoms with van der Waals surface area (Å²) < 4.78 is 39.5. The van der Waals surface area contributed by atoms with Gasteiger partial charge >= 0.3 is 0 Å². The van der Waals surface area contributed by atoms with Crippen molar-refractivity contribution in [2.24, 2.45) is 0 Å². The molecular formula is C8H8ClFO3S. The van der Waals surface area contributed by atoms with Gasteiger partial charge in [0, 0.05) is 16.2 Å². The molecule has 1 aromatic rings. The first-order valence-corrected chi connectivity index (χ1v) is 6.15. The van der Waals surface area contributed by atoms with Crippen LogP contribution in [-0.2, 0) is 14.8 Å². The van der Waals surface area contributed by atoms with Crippen molar-refractivity contribution in [3.05, 3.63) is 29.6 Å². The average Bonchev–Trinajstić information content (AvgIpc) is 2.06. The second-order valence-electron chi connectivity index (χ2n) is 2.60. The van der Waals surface area contributed by atoms with Gasteiger partial charge < -0.3 is 4.74 Å². The normalized spacial score (nSPS) is 11.4. The van der Waals surface area contributed by atoms with E-state index in [4.69, 9.17) is 15.4 Å². The van der Waals surface area contributed by atoms with E-state index in [1.165, 1.54) is 19.2 Å². The van der Waals surface area contributed by atoms with Gasteiger partial charge in [-0.1, -0.05) is 6.07 Å². The molecule has 0 heterocycles. The van der Waals surface area contributed by atoms with E-state index in [1.54, 1.807) is 0 Å². The second-order valence-corrected chi connectivity index (χ2v) is 5.38. The summed E-state index contributed by atoms with van der Waals surface area (Å²) in [5.41, 5.74) is -0.0509. The molecule has 0 saturated carbocycles. The van der Waals surface area contributed by atoms with Crippen LogP contribution in [0.2, 0.25) is 0 Å². The summed E-state index contributed by atoms with van der Waals surface area (Å²) in [6.45, 7) is 0. The lowest BCUT2D eigenvalue weighted by Crippen LogP contribution is -2.01. The van der Waals surface area contributed by atoms with Crippen LogP contribution in [0.1, 0.15) is 5.56 Å². The fraction of sp³-hybridized carbons (Fsp3) is 0.250. The summed E-state index contributed by atoms with van der Waals surface area (Å²) >= 11 is 0. The lowest BCUT2D eigenvalue weighted by Gasteiger charge is -2.07. The van der Waals surface area contributed by atoms with Gasteiger partial charge in [0.1, 0.15) is 11.6 Å². The van der Waals surface area contributed by atoms with Crippen LogP contribution in [-0.4, -0.2) is 15.5 Å². The molecule has 0 unspecified atom stereocenters. The summed E-state index contributed by atoms with van der Waals surface area (Å²) in [5.74, 6) is -1.05. The van der Waals surface area contributed by atoms with Crippen molar-refractivity contribution < 1.29 is 17.5 Å². The van der Waals surface area contributed by atoms with Gasteiger partial charge in [-0.25, -0.2) is 12.8 Å². The molecule has 0 amide bonds. The summed E-state index contributed by atoms with van der Waals surface area (Å²) in [6, 6.07) is 4.05. The SMILES string of the molecule is COc1cccc(F)c1CS(=O)(=O)Cl. The summed E-state index contributed by atoms with van der Waals surface area (Å²) in [4.78, 5) is 0. The van der Waals surface area contributed by atoms with Crippen molar-refractivity contribution in [2.75, 3.05) is 7.11 Å². The van der Waals surface area contributed by atoms with Crippen LogP contribution < -0.4 is 4.74 Å². The number of rotatable bonds is 3. The zero-order chi connectivity index (χ0) is 10.8. The van der Waals surface area contributed by atoms with Crippen molar-refractivity contribution >= 4 is 19.7 Å². The fourth-order valence-corrected chi connectivity index (χ4v) is 1.99. The van der Waals surface area contributed by atoms with E-state index in [-0.39, 0.29) is 11.3 Å². The van der Waals surface area contributed by atoms with Crippen molar-refractivity contribution in [1.29, 1.82) is 0 Å². The molecule has 6 heteroatoms. The fourth-order valence-electron chi connectivity index (χ4n) is 1.04. The molecule has 0 atom stereocenters. The van der Waals surface area contributed by atoms with Gasteiger partial charge in [0.2, 0.25) is 9.05 Å². The predicted octanol–water partition coefficient (Wildman–Crippen LogP) is 1.90. The quantitative estimate of drug-likeness (QED) is 0.756. The largest absolute Gasteiger partial charge is 0.496 e. The van der Waals surface area contributed by atoms with Crippen LogP contribution in [0, 0.1) is 5.82 Å². The maximum atomic E-state index is 13.2. The highest BCUT2D eigenvalue weighted by molar-refractivity contribution is 8.13. The standard InChI is InChI=1S/C8H8ClFO3S/c1-13-8-4-2-3-7(10)6(8)5-14(9,11)12/h2-4H,5H2,1H3. The average molecular weight is 239 g/mol. The molecule has 0 aromatic heterocycles. The van der Waals surface area contributed by atoms with E-state index >= 15 is 0 Å². The Kier molecular flexibility index (Phi) is 3.34. The topological polar surface area (TPSA) is 43.4 Å². The number of hydrogen-bond donors (Lipinski definition) is 0. The lowest BCUT2D eigenvalue weighted by atomic mass is 10.2. The Labute approximate surface area is 85.9 Å². The van der Waals surface area contributed by atoms with Gasteiger partial charge in [0.25, 0.3) is 0 Å². The maximum Gasteiger partial charge on any atom is 0.237 e. The molecule has 14 heavy (non-hydrogen) atoms. The van der Waals surface area contributed by atoms with E-state index in [2.05, 4.69) is 0 Å². The number of methoxy groups -OCH3 is 1. The first-order valence-electron chi connectivity index (χ1n) is 3.68. The zero-order valence-corrected chi connectivity index (χ0v) is 8.90. The molecule has 0 aliphatic heterocycles. The van der Waals surface area contributed by atoms with E-state index < -0.39 is 20.6 Å². The van der Waals surface area contributed by atoms with Crippen molar-refractivity contribution in [3.8, 4) is 5.75 Å². The molecule has 3 nitrogen and oxygen atoms in total. The molecular weight excluding hydrogens is 231 g/mol. The van der Waals surface area contributed by atoms with Crippen molar-refractivity contribution in [3.63, 3.8) is 0 Å². The van der Waals surface area contributed by atoms with Crippen LogP contribution in [0.5, 0.6) is 5.75 Å². The number of hydrogen-bond acceptors (Lipinski definition) is 3. The molecule has 1 rings (SSSR count). The molecule has 78 valence electrons. The first kappa shape index (κ1) is 11.3. The van der Waals surface area contributed by atoms with Crippen LogP contribution >= 0.6 is 10.7 Å². The van der Waals surface area contributed by atoms with Crippen LogP contribution in [0.3, 0.4) is 0 Å². The molecule has 0 aliphatic rings. The minimum absolute atomic E-state index is 0.0509. The Hall–Kier alpha value is -0.810. The predicted molar refractivity (Wildman–Crippen MR) is 51.4 cm³/mol. The molecule has 0 bridgehead atoms. The third kappa shape index (κ3) is 2.85. The Balaban J connectivity index is 3.18. The molecule has 0 fully saturated rings. The van der Waals surface area contributed by atoms with E-state index in [0.717, 1.165) is 6.07 Å². The van der Waals surface area contributed by atoms with Crippen LogP contribution in [0.4, 0.5) is 4.39 Å². The molecule has 1 aromatic carbocycles. The summed E-state index contributed by atoms with van der Waals surface area (Å²) in [5, 5.41) is 0. The third-order valence-electron chi connectivity index (χ3n) is 1.61. The Morgan fingerprint density at radius 3 is 2.64 bits per heavy atom. The first-order chi connectivity index (χ1) is 6.44. The van der Waals surface area contributed by atoms with Crippen LogP contribution in [0.25, 0.3) is 0 Å². The van der Waals surface area contributed by atoms with Crippen molar-refractivity contribution in [2.45, 2.75) is 5.75 Å². The van der Waals surface area contributed by atoms with Gasteiger partial charge in [-0.2, -0.15) is 0 Å². The second kappa shape index (κ2) is 4.14. The summed E-state index contributed by atoms with van der Waals surface area (Å²) in [6.07, 6.45) is 0. The zero-order valence-electron chi connectivity index (χ0n) is 7.33. The summed E-state index contributed by atoms with van der Waals surface area (Å²) in [7, 11) is 2.57. The molecule has 0 radical (unpaired) electrons. The van der Waals surface area contributed by atoms with Crippen LogP contribution in [0.15, 0.2) is 18.2 Å². The smallest absolute Gasteiger partial charge is 0.237 e. The van der Waals surface area contributed by atoms with Gasteiger partial charge in [0.05, 0.1) is 12.9 Å². The Morgan fingerprint density at radius 1 is 1.50 bits per heavy atom. The van der Waals surface area contributed by atoms with Gasteiger partial charge in [-0.05, 0) is 12.1 Å². The maximum absolute atomic E-state index is 13.2.